The summed E-state index contributed by atoms with van der Waals surface area (Å²) in [6.07, 6.45) is 7.92. The summed E-state index contributed by atoms with van der Waals surface area (Å²) < 4.78 is 2.67. The molecule has 0 saturated heterocycles. The molecule has 0 atom stereocenters. The van der Waals surface area contributed by atoms with E-state index in [-0.39, 0.29) is 5.56 Å². The lowest BCUT2D eigenvalue weighted by Crippen LogP contribution is -2.27. The van der Waals surface area contributed by atoms with Crippen molar-refractivity contribution in [3.8, 4) is 5.69 Å². The Kier molecular flexibility index (Phi) is 3.82. The molecule has 26 heavy (non-hydrogen) atoms. The van der Waals surface area contributed by atoms with Gasteiger partial charge >= 0.3 is 0 Å². The summed E-state index contributed by atoms with van der Waals surface area (Å²) in [5.41, 5.74) is 5.45. The molecule has 3 aromatic rings. The summed E-state index contributed by atoms with van der Waals surface area (Å²) >= 11 is 5.80. The topological polar surface area (TPSA) is 37.8 Å². The molecule has 132 valence electrons. The van der Waals surface area contributed by atoms with Crippen molar-refractivity contribution in [1.29, 1.82) is 0 Å². The van der Waals surface area contributed by atoms with Crippen LogP contribution in [0.2, 0.25) is 0 Å². The van der Waals surface area contributed by atoms with Gasteiger partial charge in [-0.2, -0.15) is 0 Å². The molecule has 1 saturated carbocycles. The lowest BCUT2D eigenvalue weighted by Gasteiger charge is -2.29. The summed E-state index contributed by atoms with van der Waals surface area (Å²) in [7, 11) is 0. The second-order valence-corrected chi connectivity index (χ2v) is 7.99. The van der Waals surface area contributed by atoms with E-state index in [4.69, 9.17) is 12.2 Å². The number of nitrogens with one attached hydrogen (secondary N) is 1. The Balaban J connectivity index is 1.87. The molecule has 0 radical (unpaired) electrons. The maximum Gasteiger partial charge on any atom is 0.266 e. The molecule has 0 bridgehead atoms. The first-order chi connectivity index (χ1) is 12.7. The number of fused-ring (bicyclic) bond motifs is 2. The van der Waals surface area contributed by atoms with Gasteiger partial charge in [-0.1, -0.05) is 36.8 Å². The fraction of sp³-hybridized carbons (Fsp3) is 0.364. The van der Waals surface area contributed by atoms with Gasteiger partial charge in [0.15, 0.2) is 0 Å². The molecule has 2 aliphatic rings. The lowest BCUT2D eigenvalue weighted by molar-refractivity contribution is 0.404. The minimum absolute atomic E-state index is 0.0326. The SMILES string of the molecule is O=c1c2c(=S)c3c([nH]c2cc(C2CCC2)n1-c1ccccc1)CCCC3. The number of aromatic nitrogens is 2. The van der Waals surface area contributed by atoms with Gasteiger partial charge in [-0.05, 0) is 68.2 Å². The van der Waals surface area contributed by atoms with E-state index in [9.17, 15) is 4.79 Å². The van der Waals surface area contributed by atoms with Crippen LogP contribution in [0.15, 0.2) is 41.2 Å². The smallest absolute Gasteiger partial charge is 0.266 e. The molecule has 3 nitrogen and oxygen atoms in total. The molecule has 0 spiro atoms. The Morgan fingerprint density at radius 3 is 2.54 bits per heavy atom. The number of para-hydroxylation sites is 1. The van der Waals surface area contributed by atoms with E-state index in [1.165, 1.54) is 24.1 Å². The molecular weight excluding hydrogens is 340 g/mol. The minimum atomic E-state index is 0.0326. The molecule has 1 aromatic carbocycles. The summed E-state index contributed by atoms with van der Waals surface area (Å²) in [5, 5.41) is 0.688. The molecule has 0 aliphatic heterocycles. The normalized spacial score (nSPS) is 17.1. The lowest BCUT2D eigenvalue weighted by atomic mass is 9.82. The largest absolute Gasteiger partial charge is 0.358 e. The van der Waals surface area contributed by atoms with Gasteiger partial charge in [0.2, 0.25) is 0 Å². The van der Waals surface area contributed by atoms with E-state index in [0.29, 0.717) is 11.3 Å². The van der Waals surface area contributed by atoms with Crippen LogP contribution < -0.4 is 5.56 Å². The van der Waals surface area contributed by atoms with E-state index in [1.807, 2.05) is 34.9 Å². The van der Waals surface area contributed by atoms with Crippen LogP contribution in [-0.2, 0) is 12.8 Å². The molecule has 1 N–H and O–H groups in total. The average Bonchev–Trinajstić information content (AvgIpc) is 2.61. The highest BCUT2D eigenvalue weighted by molar-refractivity contribution is 7.71. The monoisotopic (exact) mass is 362 g/mol. The fourth-order valence-corrected chi connectivity index (χ4v) is 4.82. The maximum atomic E-state index is 13.6. The van der Waals surface area contributed by atoms with Crippen LogP contribution in [0.3, 0.4) is 0 Å². The van der Waals surface area contributed by atoms with Crippen molar-refractivity contribution in [2.75, 3.05) is 0 Å². The van der Waals surface area contributed by atoms with E-state index >= 15 is 0 Å². The predicted octanol–water partition coefficient (Wildman–Crippen LogP) is 5.19. The van der Waals surface area contributed by atoms with Crippen LogP contribution >= 0.6 is 12.2 Å². The number of pyridine rings is 2. The fourth-order valence-electron chi connectivity index (χ4n) is 4.40. The zero-order valence-electron chi connectivity index (χ0n) is 14.8. The Morgan fingerprint density at radius 2 is 1.81 bits per heavy atom. The summed E-state index contributed by atoms with van der Waals surface area (Å²) in [6.45, 7) is 0. The number of benzene rings is 1. The van der Waals surface area contributed by atoms with Gasteiger partial charge in [0, 0.05) is 17.1 Å². The Bertz CT molecular complexity index is 1110. The first-order valence-electron chi connectivity index (χ1n) is 9.63. The highest BCUT2D eigenvalue weighted by atomic mass is 32.1. The molecule has 2 heterocycles. The van der Waals surface area contributed by atoms with Gasteiger partial charge in [0.05, 0.1) is 15.4 Å². The molecule has 4 heteroatoms. The van der Waals surface area contributed by atoms with Crippen molar-refractivity contribution in [2.24, 2.45) is 0 Å². The molecule has 0 amide bonds. The van der Waals surface area contributed by atoms with Crippen molar-refractivity contribution < 1.29 is 0 Å². The van der Waals surface area contributed by atoms with Crippen LogP contribution in [0.4, 0.5) is 0 Å². The van der Waals surface area contributed by atoms with Gasteiger partial charge in [0.25, 0.3) is 5.56 Å². The quantitative estimate of drug-likeness (QED) is 0.637. The molecule has 1 fully saturated rings. The van der Waals surface area contributed by atoms with E-state index in [1.54, 1.807) is 0 Å². The Labute approximate surface area is 157 Å². The Morgan fingerprint density at radius 1 is 1.04 bits per heavy atom. The third-order valence-corrected chi connectivity index (χ3v) is 6.48. The van der Waals surface area contributed by atoms with Crippen molar-refractivity contribution in [2.45, 2.75) is 50.9 Å². The number of hydrogen-bond donors (Lipinski definition) is 1. The van der Waals surface area contributed by atoms with Crippen LogP contribution in [0.1, 0.15) is 55.0 Å². The second-order valence-electron chi connectivity index (χ2n) is 7.58. The Hall–Kier alpha value is -2.20. The standard InChI is InChI=1S/C22H22N2OS/c25-22-20-18(23-17-12-5-4-11-16(17)21(20)26)13-19(14-7-6-8-14)24(22)15-9-2-1-3-10-15/h1-3,9-10,13-14H,4-8,11-12H2,(H,23,26). The van der Waals surface area contributed by atoms with Crippen molar-refractivity contribution in [1.82, 2.24) is 9.55 Å². The average molecular weight is 362 g/mol. The number of hydrogen-bond acceptors (Lipinski definition) is 2. The number of aryl methyl sites for hydroxylation is 1. The van der Waals surface area contributed by atoms with Crippen LogP contribution in [0, 0.1) is 4.51 Å². The van der Waals surface area contributed by atoms with Crippen molar-refractivity contribution >= 4 is 23.1 Å². The number of H-pyrrole nitrogens is 1. The molecule has 0 unspecified atom stereocenters. The van der Waals surface area contributed by atoms with E-state index < -0.39 is 0 Å². The predicted molar refractivity (Wildman–Crippen MR) is 108 cm³/mol. The number of aromatic amines is 1. The molecule has 2 aliphatic carbocycles. The van der Waals surface area contributed by atoms with Gasteiger partial charge in [0.1, 0.15) is 0 Å². The van der Waals surface area contributed by atoms with Crippen LogP contribution in [0.25, 0.3) is 16.6 Å². The first kappa shape index (κ1) is 16.0. The molecular formula is C22H22N2OS. The van der Waals surface area contributed by atoms with E-state index in [0.717, 1.165) is 53.5 Å². The first-order valence-corrected chi connectivity index (χ1v) is 10.0. The summed E-state index contributed by atoms with van der Waals surface area (Å²) in [6, 6.07) is 12.2. The van der Waals surface area contributed by atoms with E-state index in [2.05, 4.69) is 11.1 Å². The zero-order chi connectivity index (χ0) is 17.7. The van der Waals surface area contributed by atoms with Crippen molar-refractivity contribution in [3.05, 3.63) is 68.2 Å². The summed E-state index contributed by atoms with van der Waals surface area (Å²) in [4.78, 5) is 17.1. The number of rotatable bonds is 2. The highest BCUT2D eigenvalue weighted by Crippen LogP contribution is 2.38. The van der Waals surface area contributed by atoms with Gasteiger partial charge in [-0.3, -0.25) is 9.36 Å². The summed E-state index contributed by atoms with van der Waals surface area (Å²) in [5.74, 6) is 0.463. The van der Waals surface area contributed by atoms with Gasteiger partial charge in [-0.15, -0.1) is 0 Å². The maximum absolute atomic E-state index is 13.6. The van der Waals surface area contributed by atoms with Gasteiger partial charge < -0.3 is 4.98 Å². The zero-order valence-corrected chi connectivity index (χ0v) is 15.6. The van der Waals surface area contributed by atoms with Crippen LogP contribution in [-0.4, -0.2) is 9.55 Å². The second kappa shape index (κ2) is 6.20. The number of nitrogens with zero attached hydrogens (tertiary/aromatic N) is 1. The third-order valence-electron chi connectivity index (χ3n) is 6.03. The van der Waals surface area contributed by atoms with Crippen molar-refractivity contribution in [3.63, 3.8) is 0 Å². The molecule has 2 aromatic heterocycles. The highest BCUT2D eigenvalue weighted by Gasteiger charge is 2.26. The van der Waals surface area contributed by atoms with Crippen LogP contribution in [0.5, 0.6) is 0 Å². The third kappa shape index (κ3) is 2.39. The van der Waals surface area contributed by atoms with Gasteiger partial charge in [-0.25, -0.2) is 0 Å². The molecule has 5 rings (SSSR count). The minimum Gasteiger partial charge on any atom is -0.358 e.